The molecule has 0 unspecified atom stereocenters. The third kappa shape index (κ3) is 5.01. The van der Waals surface area contributed by atoms with Crippen molar-refractivity contribution in [2.75, 3.05) is 13.7 Å². The average molecular weight is 403 g/mol. The molecule has 1 N–H and O–H groups in total. The summed E-state index contributed by atoms with van der Waals surface area (Å²) in [5.74, 6) is -0.0220. The van der Waals surface area contributed by atoms with Gasteiger partial charge in [-0.1, -0.05) is 27.5 Å². The molecule has 122 valence electrons. The molecule has 23 heavy (non-hydrogen) atoms. The van der Waals surface area contributed by atoms with Crippen LogP contribution in [0.4, 0.5) is 0 Å². The van der Waals surface area contributed by atoms with Gasteiger partial charge < -0.3 is 19.2 Å². The Balaban J connectivity index is 1.91. The van der Waals surface area contributed by atoms with Crippen molar-refractivity contribution in [1.29, 1.82) is 0 Å². The summed E-state index contributed by atoms with van der Waals surface area (Å²) < 4.78 is 16.2. The Morgan fingerprint density at radius 1 is 1.30 bits per heavy atom. The van der Waals surface area contributed by atoms with Gasteiger partial charge in [0, 0.05) is 4.47 Å². The van der Waals surface area contributed by atoms with Gasteiger partial charge in [0.2, 0.25) is 0 Å². The van der Waals surface area contributed by atoms with Crippen molar-refractivity contribution in [3.63, 3.8) is 0 Å². The quantitative estimate of drug-likeness (QED) is 0.751. The molecule has 2 aromatic rings. The lowest BCUT2D eigenvalue weighted by Gasteiger charge is -2.06. The lowest BCUT2D eigenvalue weighted by Crippen LogP contribution is -2.29. The number of furan rings is 1. The van der Waals surface area contributed by atoms with Gasteiger partial charge in [-0.3, -0.25) is 9.59 Å². The highest BCUT2D eigenvalue weighted by molar-refractivity contribution is 9.10. The van der Waals surface area contributed by atoms with Crippen molar-refractivity contribution in [3.05, 3.63) is 51.3 Å². The molecule has 2 rings (SSSR count). The van der Waals surface area contributed by atoms with Crippen LogP contribution in [0.5, 0.6) is 5.75 Å². The molecule has 1 amide bonds. The molecule has 6 nitrogen and oxygen atoms in total. The van der Waals surface area contributed by atoms with Crippen LogP contribution in [0.3, 0.4) is 0 Å². The Bertz CT molecular complexity index is 716. The first-order chi connectivity index (χ1) is 11.0. The highest BCUT2D eigenvalue weighted by atomic mass is 79.9. The summed E-state index contributed by atoms with van der Waals surface area (Å²) in [5, 5.41) is 2.84. The molecule has 0 bridgehead atoms. The molecule has 0 fully saturated rings. The van der Waals surface area contributed by atoms with Crippen molar-refractivity contribution in [2.45, 2.75) is 6.61 Å². The van der Waals surface area contributed by atoms with Crippen LogP contribution in [0.25, 0.3) is 0 Å². The maximum Gasteiger partial charge on any atom is 0.325 e. The van der Waals surface area contributed by atoms with Crippen molar-refractivity contribution >= 4 is 39.4 Å². The molecular formula is C15H13BrClNO5. The van der Waals surface area contributed by atoms with Gasteiger partial charge in [-0.15, -0.1) is 0 Å². The second-order valence-electron chi connectivity index (χ2n) is 4.39. The minimum Gasteiger partial charge on any atom is -0.484 e. The largest absolute Gasteiger partial charge is 0.484 e. The first kappa shape index (κ1) is 17.4. The molecule has 0 aliphatic carbocycles. The van der Waals surface area contributed by atoms with Crippen molar-refractivity contribution in [1.82, 2.24) is 5.32 Å². The fraction of sp³-hybridized carbons (Fsp3) is 0.200. The second kappa shape index (κ2) is 8.03. The standard InChI is InChI=1S/C15H13BrClNO5/c1-21-14(19)7-18-15(20)13-5-3-10(23-13)8-22-12-4-2-9(16)6-11(12)17/h2-6H,7-8H2,1H3,(H,18,20). The van der Waals surface area contributed by atoms with Gasteiger partial charge in [-0.2, -0.15) is 0 Å². The van der Waals surface area contributed by atoms with E-state index in [1.165, 1.54) is 13.2 Å². The average Bonchev–Trinajstić information content (AvgIpc) is 3.00. The Labute approximate surface area is 145 Å². The molecule has 0 aliphatic heterocycles. The van der Waals surface area contributed by atoms with Crippen LogP contribution in [0.2, 0.25) is 5.02 Å². The maximum atomic E-state index is 11.8. The van der Waals surface area contributed by atoms with Crippen LogP contribution >= 0.6 is 27.5 Å². The third-order valence-corrected chi connectivity index (χ3v) is 3.56. The predicted octanol–water partition coefficient (Wildman–Crippen LogP) is 3.18. The molecular weight excluding hydrogens is 390 g/mol. The highest BCUT2D eigenvalue weighted by Gasteiger charge is 2.13. The lowest BCUT2D eigenvalue weighted by molar-refractivity contribution is -0.139. The fourth-order valence-electron chi connectivity index (χ4n) is 1.63. The number of amides is 1. The summed E-state index contributed by atoms with van der Waals surface area (Å²) in [7, 11) is 1.24. The van der Waals surface area contributed by atoms with Gasteiger partial charge in [0.15, 0.2) is 5.76 Å². The number of rotatable bonds is 6. The Morgan fingerprint density at radius 3 is 2.78 bits per heavy atom. The first-order valence-electron chi connectivity index (χ1n) is 6.51. The summed E-state index contributed by atoms with van der Waals surface area (Å²) >= 11 is 9.35. The lowest BCUT2D eigenvalue weighted by atomic mass is 10.3. The monoisotopic (exact) mass is 401 g/mol. The zero-order valence-electron chi connectivity index (χ0n) is 12.1. The first-order valence-corrected chi connectivity index (χ1v) is 7.68. The van der Waals surface area contributed by atoms with Crippen LogP contribution in [0.1, 0.15) is 16.3 Å². The van der Waals surface area contributed by atoms with Gasteiger partial charge in [-0.05, 0) is 30.3 Å². The highest BCUT2D eigenvalue weighted by Crippen LogP contribution is 2.28. The molecule has 1 aromatic heterocycles. The van der Waals surface area contributed by atoms with E-state index in [0.29, 0.717) is 16.5 Å². The van der Waals surface area contributed by atoms with E-state index in [-0.39, 0.29) is 18.9 Å². The van der Waals surface area contributed by atoms with Crippen LogP contribution in [0, 0.1) is 0 Å². The smallest absolute Gasteiger partial charge is 0.325 e. The minimum absolute atomic E-state index is 0.0782. The van der Waals surface area contributed by atoms with E-state index in [1.54, 1.807) is 24.3 Å². The summed E-state index contributed by atoms with van der Waals surface area (Å²) in [5.41, 5.74) is 0. The van der Waals surface area contributed by atoms with E-state index in [4.69, 9.17) is 20.8 Å². The summed E-state index contributed by atoms with van der Waals surface area (Å²) in [6.45, 7) is -0.109. The minimum atomic E-state index is -0.543. The van der Waals surface area contributed by atoms with E-state index in [2.05, 4.69) is 26.0 Å². The van der Waals surface area contributed by atoms with E-state index >= 15 is 0 Å². The molecule has 1 aromatic carbocycles. The van der Waals surface area contributed by atoms with Crippen LogP contribution < -0.4 is 10.1 Å². The van der Waals surface area contributed by atoms with Gasteiger partial charge in [-0.25, -0.2) is 0 Å². The van der Waals surface area contributed by atoms with Crippen molar-refractivity contribution in [3.8, 4) is 5.75 Å². The van der Waals surface area contributed by atoms with E-state index < -0.39 is 11.9 Å². The van der Waals surface area contributed by atoms with Crippen molar-refractivity contribution < 1.29 is 23.5 Å². The van der Waals surface area contributed by atoms with E-state index in [9.17, 15) is 9.59 Å². The van der Waals surface area contributed by atoms with Crippen LogP contribution in [-0.4, -0.2) is 25.5 Å². The van der Waals surface area contributed by atoms with Crippen LogP contribution in [0.15, 0.2) is 39.2 Å². The molecule has 0 radical (unpaired) electrons. The normalized spacial score (nSPS) is 10.2. The number of methoxy groups -OCH3 is 1. The SMILES string of the molecule is COC(=O)CNC(=O)c1ccc(COc2ccc(Br)cc2Cl)o1. The number of ether oxygens (including phenoxy) is 2. The van der Waals surface area contributed by atoms with Crippen LogP contribution in [-0.2, 0) is 16.1 Å². The summed E-state index contributed by atoms with van der Waals surface area (Å²) in [6.07, 6.45) is 0. The summed E-state index contributed by atoms with van der Waals surface area (Å²) in [4.78, 5) is 22.7. The Morgan fingerprint density at radius 2 is 2.09 bits per heavy atom. The number of esters is 1. The number of carbonyl (C=O) groups excluding carboxylic acids is 2. The zero-order valence-corrected chi connectivity index (χ0v) is 14.4. The third-order valence-electron chi connectivity index (χ3n) is 2.77. The van der Waals surface area contributed by atoms with Gasteiger partial charge in [0.05, 0.1) is 12.1 Å². The maximum absolute atomic E-state index is 11.8. The topological polar surface area (TPSA) is 77.8 Å². The Kier molecular flexibility index (Phi) is 6.06. The van der Waals surface area contributed by atoms with Gasteiger partial charge in [0.1, 0.15) is 24.7 Å². The molecule has 0 saturated carbocycles. The molecule has 8 heteroatoms. The van der Waals surface area contributed by atoms with Gasteiger partial charge >= 0.3 is 5.97 Å². The fourth-order valence-corrected chi connectivity index (χ4v) is 2.36. The molecule has 1 heterocycles. The zero-order chi connectivity index (χ0) is 16.8. The predicted molar refractivity (Wildman–Crippen MR) is 86.5 cm³/mol. The number of hydrogen-bond donors (Lipinski definition) is 1. The van der Waals surface area contributed by atoms with Crippen molar-refractivity contribution in [2.24, 2.45) is 0 Å². The summed E-state index contributed by atoms with van der Waals surface area (Å²) in [6, 6.07) is 8.34. The number of carbonyl (C=O) groups is 2. The second-order valence-corrected chi connectivity index (χ2v) is 5.71. The van der Waals surface area contributed by atoms with E-state index in [1.807, 2.05) is 0 Å². The number of nitrogens with one attached hydrogen (secondary N) is 1. The Hall–Kier alpha value is -1.99. The number of benzene rings is 1. The molecule has 0 spiro atoms. The molecule has 0 atom stereocenters. The van der Waals surface area contributed by atoms with E-state index in [0.717, 1.165) is 4.47 Å². The van der Waals surface area contributed by atoms with Gasteiger partial charge in [0.25, 0.3) is 5.91 Å². The molecule has 0 saturated heterocycles. The molecule has 0 aliphatic rings. The number of hydrogen-bond acceptors (Lipinski definition) is 5. The number of halogens is 2.